The molecule has 1 unspecified atom stereocenters. The Morgan fingerprint density at radius 1 is 0.565 bits per heavy atom. The highest BCUT2D eigenvalue weighted by Gasteiger charge is 2.53. The fraction of sp³-hybridized carbons (Fsp3) is 0.167. The number of benzene rings is 7. The number of para-hydroxylation sites is 1. The van der Waals surface area contributed by atoms with Crippen molar-refractivity contribution in [2.45, 2.75) is 63.9 Å². The Morgan fingerprint density at radius 2 is 1.19 bits per heavy atom. The van der Waals surface area contributed by atoms with Crippen molar-refractivity contribution in [3.63, 3.8) is 0 Å². The van der Waals surface area contributed by atoms with Gasteiger partial charge in [-0.1, -0.05) is 153 Å². The zero-order valence-corrected chi connectivity index (χ0v) is 35.7. The Bertz CT molecular complexity index is 3190. The van der Waals surface area contributed by atoms with Crippen molar-refractivity contribution < 1.29 is 4.74 Å². The van der Waals surface area contributed by atoms with Gasteiger partial charge < -0.3 is 9.64 Å². The van der Waals surface area contributed by atoms with Crippen LogP contribution in [0.3, 0.4) is 0 Å². The molecule has 13 rings (SSSR count). The number of hydrogen-bond donors (Lipinski definition) is 0. The SMILES string of the molecule is Cc1cc(C)c2c(c1)C1=C(C=C(N(c3ccc(C4=CC=C5c6ccccc6OC5C4)cc3)c3ccc4c(c3)C(C)(C)c3ccccc3-4)CC1)C21c2ccccc2-c2ccccc21. The van der Waals surface area contributed by atoms with Crippen molar-refractivity contribution in [3.05, 3.63) is 237 Å². The van der Waals surface area contributed by atoms with Crippen LogP contribution in [0.4, 0.5) is 11.4 Å². The summed E-state index contributed by atoms with van der Waals surface area (Å²) in [6.45, 7) is 9.38. The van der Waals surface area contributed by atoms with Crippen molar-refractivity contribution in [2.75, 3.05) is 4.90 Å². The first kappa shape index (κ1) is 35.8. The zero-order chi connectivity index (χ0) is 41.5. The largest absolute Gasteiger partial charge is 0.485 e. The first-order chi connectivity index (χ1) is 30.3. The molecule has 6 aliphatic rings. The van der Waals surface area contributed by atoms with Crippen molar-refractivity contribution >= 4 is 28.1 Å². The standard InChI is InChI=1S/C60H47NO/c1-36-31-37(2)58-50(32-36)47-30-27-42(35-55(47)60(58)52-18-10-6-14-44(52)45-15-7-11-19-53(45)60)61(41-26-29-46-43-13-5-9-17-51(43)59(3,4)54(46)34-41)40-24-21-38(22-25-40)39-23-28-49-48-16-8-12-20-56(48)62-57(49)33-39/h5-26,28-29,31-32,34-35,57H,27,30,33H2,1-4H3. The number of fused-ring (bicyclic) bond motifs is 15. The highest BCUT2D eigenvalue weighted by molar-refractivity contribution is 5.97. The van der Waals surface area contributed by atoms with E-state index in [4.69, 9.17) is 4.74 Å². The minimum Gasteiger partial charge on any atom is -0.485 e. The first-order valence-corrected chi connectivity index (χ1v) is 22.4. The molecule has 298 valence electrons. The van der Waals surface area contributed by atoms with Crippen LogP contribution in [0, 0.1) is 13.8 Å². The average Bonchev–Trinajstić information content (AvgIpc) is 3.98. The van der Waals surface area contributed by atoms with Crippen LogP contribution in [0.25, 0.3) is 39.0 Å². The van der Waals surface area contributed by atoms with Crippen LogP contribution in [0.5, 0.6) is 5.75 Å². The van der Waals surface area contributed by atoms with Gasteiger partial charge in [0.2, 0.25) is 0 Å². The highest BCUT2D eigenvalue weighted by Crippen LogP contribution is 2.65. The maximum Gasteiger partial charge on any atom is 0.128 e. The summed E-state index contributed by atoms with van der Waals surface area (Å²) in [4.78, 5) is 2.58. The lowest BCUT2D eigenvalue weighted by Crippen LogP contribution is -2.29. The van der Waals surface area contributed by atoms with Crippen molar-refractivity contribution in [2.24, 2.45) is 0 Å². The summed E-state index contributed by atoms with van der Waals surface area (Å²) in [5, 5.41) is 0. The van der Waals surface area contributed by atoms with Gasteiger partial charge in [-0.25, -0.2) is 0 Å². The molecule has 0 fully saturated rings. The smallest absolute Gasteiger partial charge is 0.128 e. The number of hydrogen-bond acceptors (Lipinski definition) is 2. The van der Waals surface area contributed by atoms with E-state index >= 15 is 0 Å². The van der Waals surface area contributed by atoms with Gasteiger partial charge >= 0.3 is 0 Å². The molecule has 1 atom stereocenters. The summed E-state index contributed by atoms with van der Waals surface area (Å²) >= 11 is 0. The molecule has 5 aliphatic carbocycles. The normalized spacial score (nSPS) is 18.6. The highest BCUT2D eigenvalue weighted by atomic mass is 16.5. The van der Waals surface area contributed by atoms with Gasteiger partial charge in [-0.05, 0) is 147 Å². The van der Waals surface area contributed by atoms with Crippen molar-refractivity contribution in [1.82, 2.24) is 0 Å². The maximum absolute atomic E-state index is 6.46. The molecule has 0 bridgehead atoms. The predicted molar refractivity (Wildman–Crippen MR) is 256 cm³/mol. The van der Waals surface area contributed by atoms with Gasteiger partial charge in [0.1, 0.15) is 11.9 Å². The number of nitrogens with zero attached hydrogens (tertiary/aromatic N) is 1. The molecule has 0 amide bonds. The number of ether oxygens (including phenoxy) is 1. The van der Waals surface area contributed by atoms with E-state index in [1.54, 1.807) is 0 Å². The lowest BCUT2D eigenvalue weighted by molar-refractivity contribution is 0.281. The molecule has 1 spiro atoms. The molecule has 7 aromatic carbocycles. The van der Waals surface area contributed by atoms with Crippen LogP contribution in [-0.4, -0.2) is 6.10 Å². The Kier molecular flexibility index (Phi) is 7.40. The van der Waals surface area contributed by atoms with E-state index in [1.165, 1.54) is 117 Å². The first-order valence-electron chi connectivity index (χ1n) is 22.4. The average molecular weight is 798 g/mol. The third-order valence-corrected chi connectivity index (χ3v) is 15.1. The fourth-order valence-electron chi connectivity index (χ4n) is 12.5. The van der Waals surface area contributed by atoms with Crippen LogP contribution < -0.4 is 9.64 Å². The van der Waals surface area contributed by atoms with E-state index in [-0.39, 0.29) is 16.9 Å². The van der Waals surface area contributed by atoms with Crippen LogP contribution in [-0.2, 0) is 10.8 Å². The quantitative estimate of drug-likeness (QED) is 0.176. The lowest BCUT2D eigenvalue weighted by Gasteiger charge is -2.36. The molecular weight excluding hydrogens is 751 g/mol. The molecule has 2 heteroatoms. The van der Waals surface area contributed by atoms with E-state index in [0.717, 1.165) is 25.0 Å². The van der Waals surface area contributed by atoms with E-state index in [1.807, 2.05) is 0 Å². The van der Waals surface area contributed by atoms with Crippen molar-refractivity contribution in [3.8, 4) is 28.0 Å². The zero-order valence-electron chi connectivity index (χ0n) is 35.7. The summed E-state index contributed by atoms with van der Waals surface area (Å²) < 4.78 is 6.46. The lowest BCUT2D eigenvalue weighted by atomic mass is 9.67. The molecule has 62 heavy (non-hydrogen) atoms. The molecule has 0 saturated carbocycles. The van der Waals surface area contributed by atoms with Gasteiger partial charge in [-0.2, -0.15) is 0 Å². The summed E-state index contributed by atoms with van der Waals surface area (Å²) in [6.07, 6.45) is 10.0. The van der Waals surface area contributed by atoms with Gasteiger partial charge in [-0.15, -0.1) is 0 Å². The second-order valence-corrected chi connectivity index (χ2v) is 18.8. The predicted octanol–water partition coefficient (Wildman–Crippen LogP) is 14.8. The Labute approximate surface area is 364 Å². The van der Waals surface area contributed by atoms with Crippen LogP contribution in [0.1, 0.15) is 88.7 Å². The number of aryl methyl sites for hydroxylation is 2. The summed E-state index contributed by atoms with van der Waals surface area (Å²) in [6, 6.07) is 57.3. The second-order valence-electron chi connectivity index (χ2n) is 18.8. The fourth-order valence-corrected chi connectivity index (χ4v) is 12.5. The number of rotatable bonds is 4. The van der Waals surface area contributed by atoms with Crippen LogP contribution in [0.2, 0.25) is 0 Å². The van der Waals surface area contributed by atoms with E-state index in [0.29, 0.717) is 0 Å². The summed E-state index contributed by atoms with van der Waals surface area (Å²) in [5.41, 5.74) is 27.8. The molecular formula is C60H47NO. The molecule has 0 saturated heterocycles. The second kappa shape index (κ2) is 12.8. The van der Waals surface area contributed by atoms with Crippen molar-refractivity contribution in [1.29, 1.82) is 0 Å². The minimum atomic E-state index is -0.389. The maximum atomic E-state index is 6.46. The van der Waals surface area contributed by atoms with E-state index in [2.05, 4.69) is 202 Å². The van der Waals surface area contributed by atoms with E-state index < -0.39 is 0 Å². The molecule has 0 aromatic heterocycles. The third kappa shape index (κ3) is 4.76. The minimum absolute atomic E-state index is 0.0541. The van der Waals surface area contributed by atoms with Gasteiger partial charge in [-0.3, -0.25) is 0 Å². The van der Waals surface area contributed by atoms with Crippen LogP contribution in [0.15, 0.2) is 181 Å². The molecule has 0 N–H and O–H groups in total. The number of anilines is 2. The molecule has 0 radical (unpaired) electrons. The Hall–Kier alpha value is -6.90. The monoisotopic (exact) mass is 797 g/mol. The Morgan fingerprint density at radius 3 is 1.94 bits per heavy atom. The van der Waals surface area contributed by atoms with Gasteiger partial charge in [0, 0.05) is 40.0 Å². The Balaban J connectivity index is 0.987. The van der Waals surface area contributed by atoms with E-state index in [9.17, 15) is 0 Å². The summed E-state index contributed by atoms with van der Waals surface area (Å²) in [5.74, 6) is 0.992. The molecule has 1 aliphatic heterocycles. The molecule has 7 aromatic rings. The third-order valence-electron chi connectivity index (χ3n) is 15.1. The van der Waals surface area contributed by atoms with Crippen LogP contribution >= 0.6 is 0 Å². The topological polar surface area (TPSA) is 12.5 Å². The van der Waals surface area contributed by atoms with Gasteiger partial charge in [0.25, 0.3) is 0 Å². The summed E-state index contributed by atoms with van der Waals surface area (Å²) in [7, 11) is 0. The number of allylic oxidation sites excluding steroid dienone is 6. The molecule has 1 heterocycles. The molecule has 2 nitrogen and oxygen atoms in total. The van der Waals surface area contributed by atoms with Gasteiger partial charge in [0.05, 0.1) is 5.41 Å². The van der Waals surface area contributed by atoms with Gasteiger partial charge in [0.15, 0.2) is 0 Å².